The van der Waals surface area contributed by atoms with Crippen LogP contribution in [0.3, 0.4) is 0 Å². The van der Waals surface area contributed by atoms with E-state index in [2.05, 4.69) is 26.8 Å². The fraction of sp³-hybridized carbons (Fsp3) is 0.292. The smallest absolute Gasteiger partial charge is 0.354 e. The molecule has 1 aliphatic rings. The minimum Gasteiger partial charge on any atom is -0.477 e. The summed E-state index contributed by atoms with van der Waals surface area (Å²) in [7, 11) is 0. The van der Waals surface area contributed by atoms with Gasteiger partial charge in [0.1, 0.15) is 5.69 Å². The molecule has 34 heavy (non-hydrogen) atoms. The van der Waals surface area contributed by atoms with Gasteiger partial charge in [0, 0.05) is 29.9 Å². The SMILES string of the molecule is C=CCO[C@@H]1CN(c2cc(C(=O)O)nc3ccccc23)CC[C@@H]1NC(=O)c1[nH]c(C)c(Cl)c1Cl. The number of carboxylic acids is 1. The van der Waals surface area contributed by atoms with E-state index < -0.39 is 5.97 Å². The zero-order valence-corrected chi connectivity index (χ0v) is 20.0. The minimum atomic E-state index is -1.09. The van der Waals surface area contributed by atoms with E-state index in [-0.39, 0.29) is 34.5 Å². The Balaban J connectivity index is 1.60. The Morgan fingerprint density at radius 2 is 2.12 bits per heavy atom. The van der Waals surface area contributed by atoms with Crippen molar-refractivity contribution in [3.8, 4) is 0 Å². The number of rotatable bonds is 7. The van der Waals surface area contributed by atoms with E-state index in [9.17, 15) is 14.7 Å². The number of ether oxygens (including phenoxy) is 1. The second kappa shape index (κ2) is 10.0. The molecule has 2 aromatic heterocycles. The van der Waals surface area contributed by atoms with E-state index in [1.807, 2.05) is 18.2 Å². The van der Waals surface area contributed by atoms with E-state index in [4.69, 9.17) is 27.9 Å². The van der Waals surface area contributed by atoms with Crippen molar-refractivity contribution in [2.75, 3.05) is 24.6 Å². The predicted octanol–water partition coefficient (Wildman–Crippen LogP) is 4.46. The van der Waals surface area contributed by atoms with E-state index in [0.717, 1.165) is 11.1 Å². The molecule has 0 saturated carbocycles. The minimum absolute atomic E-state index is 0.0266. The zero-order valence-electron chi connectivity index (χ0n) is 18.5. The number of hydrogen-bond acceptors (Lipinski definition) is 5. The highest BCUT2D eigenvalue weighted by Crippen LogP contribution is 2.31. The molecule has 8 nitrogen and oxygen atoms in total. The number of H-pyrrole nitrogens is 1. The first kappa shape index (κ1) is 24.1. The lowest BCUT2D eigenvalue weighted by molar-refractivity contribution is 0.0355. The molecule has 0 radical (unpaired) electrons. The van der Waals surface area contributed by atoms with E-state index >= 15 is 0 Å². The number of aromatic nitrogens is 2. The monoisotopic (exact) mass is 502 g/mol. The lowest BCUT2D eigenvalue weighted by atomic mass is 9.99. The Morgan fingerprint density at radius 3 is 2.79 bits per heavy atom. The molecule has 10 heteroatoms. The Kier molecular flexibility index (Phi) is 7.11. The van der Waals surface area contributed by atoms with Crippen molar-refractivity contribution >= 4 is 51.7 Å². The number of aryl methyl sites for hydroxylation is 1. The maximum Gasteiger partial charge on any atom is 0.354 e. The predicted molar refractivity (Wildman–Crippen MR) is 132 cm³/mol. The van der Waals surface area contributed by atoms with Crippen molar-refractivity contribution in [1.29, 1.82) is 0 Å². The van der Waals surface area contributed by atoms with Crippen molar-refractivity contribution in [3.05, 3.63) is 70.1 Å². The van der Waals surface area contributed by atoms with Gasteiger partial charge in [-0.25, -0.2) is 9.78 Å². The van der Waals surface area contributed by atoms with Gasteiger partial charge in [-0.15, -0.1) is 6.58 Å². The third kappa shape index (κ3) is 4.75. The molecule has 3 heterocycles. The molecule has 178 valence electrons. The first-order valence-corrected chi connectivity index (χ1v) is 11.5. The van der Waals surface area contributed by atoms with E-state index in [1.54, 1.807) is 25.1 Å². The van der Waals surface area contributed by atoms with Gasteiger partial charge in [-0.2, -0.15) is 0 Å². The molecule has 1 amide bonds. The molecule has 4 rings (SSSR count). The highest BCUT2D eigenvalue weighted by atomic mass is 35.5. The average molecular weight is 503 g/mol. The number of anilines is 1. The number of halogens is 2. The number of pyridine rings is 1. The number of amides is 1. The number of benzene rings is 1. The summed E-state index contributed by atoms with van der Waals surface area (Å²) in [5.41, 5.74) is 2.16. The summed E-state index contributed by atoms with van der Waals surface area (Å²) in [4.78, 5) is 33.8. The number of nitrogens with one attached hydrogen (secondary N) is 2. The summed E-state index contributed by atoms with van der Waals surface area (Å²) in [6.07, 6.45) is 1.84. The second-order valence-electron chi connectivity index (χ2n) is 8.08. The Morgan fingerprint density at radius 1 is 1.35 bits per heavy atom. The van der Waals surface area contributed by atoms with Gasteiger partial charge in [0.25, 0.3) is 5.91 Å². The van der Waals surface area contributed by atoms with Crippen LogP contribution in [-0.4, -0.2) is 58.8 Å². The number of carbonyl (C=O) groups is 2. The number of hydrogen-bond donors (Lipinski definition) is 3. The summed E-state index contributed by atoms with van der Waals surface area (Å²) in [6, 6.07) is 8.70. The topological polar surface area (TPSA) is 108 Å². The molecule has 1 saturated heterocycles. The largest absolute Gasteiger partial charge is 0.477 e. The van der Waals surface area contributed by atoms with Gasteiger partial charge in [-0.1, -0.05) is 47.5 Å². The quantitative estimate of drug-likeness (QED) is 0.411. The van der Waals surface area contributed by atoms with Crippen LogP contribution in [0.25, 0.3) is 10.9 Å². The van der Waals surface area contributed by atoms with E-state index in [0.29, 0.717) is 42.4 Å². The summed E-state index contributed by atoms with van der Waals surface area (Å²) >= 11 is 12.3. The number of carbonyl (C=O) groups excluding carboxylic acids is 1. The van der Waals surface area contributed by atoms with Crippen LogP contribution in [0, 0.1) is 6.92 Å². The molecule has 1 aliphatic heterocycles. The first-order chi connectivity index (χ1) is 16.3. The molecule has 2 atom stereocenters. The standard InChI is InChI=1S/C24H24Cl2N4O4/c1-3-10-34-19-12-30(18-11-17(24(32)33)28-15-7-5-4-6-14(15)18)9-8-16(19)29-23(31)22-21(26)20(25)13(2)27-22/h3-7,11,16,19,27H,1,8-10,12H2,2H3,(H,29,31)(H,32,33)/t16-,19+/m0/s1. The van der Waals surface area contributed by atoms with Gasteiger partial charge in [0.15, 0.2) is 5.69 Å². The van der Waals surface area contributed by atoms with E-state index in [1.165, 1.54) is 0 Å². The molecular weight excluding hydrogens is 479 g/mol. The van der Waals surface area contributed by atoms with Crippen molar-refractivity contribution in [1.82, 2.24) is 15.3 Å². The number of aromatic carboxylic acids is 1. The zero-order chi connectivity index (χ0) is 24.4. The van der Waals surface area contributed by atoms with Crippen LogP contribution >= 0.6 is 23.2 Å². The molecule has 0 aliphatic carbocycles. The van der Waals surface area contributed by atoms with Crippen molar-refractivity contribution in [2.45, 2.75) is 25.5 Å². The van der Waals surface area contributed by atoms with Gasteiger partial charge in [-0.05, 0) is 25.5 Å². The summed E-state index contributed by atoms with van der Waals surface area (Å²) in [5.74, 6) is -1.46. The summed E-state index contributed by atoms with van der Waals surface area (Å²) in [6.45, 7) is 6.77. The number of fused-ring (bicyclic) bond motifs is 1. The summed E-state index contributed by atoms with van der Waals surface area (Å²) in [5, 5.41) is 13.9. The molecule has 3 N–H and O–H groups in total. The maximum atomic E-state index is 12.9. The van der Waals surface area contributed by atoms with Gasteiger partial charge >= 0.3 is 5.97 Å². The third-order valence-corrected chi connectivity index (χ3v) is 6.79. The number of aromatic amines is 1. The van der Waals surface area contributed by atoms with Crippen LogP contribution in [0.1, 0.15) is 33.1 Å². The molecular formula is C24H24Cl2N4O4. The number of para-hydroxylation sites is 1. The molecule has 0 bridgehead atoms. The van der Waals surface area contributed by atoms with Crippen LogP contribution in [0.2, 0.25) is 10.0 Å². The van der Waals surface area contributed by atoms with Gasteiger partial charge < -0.3 is 25.0 Å². The second-order valence-corrected chi connectivity index (χ2v) is 8.83. The summed E-state index contributed by atoms with van der Waals surface area (Å²) < 4.78 is 6.01. The molecule has 3 aromatic rings. The molecule has 1 fully saturated rings. The van der Waals surface area contributed by atoms with Crippen LogP contribution in [0.15, 0.2) is 43.0 Å². The number of piperidine rings is 1. The Bertz CT molecular complexity index is 1260. The Hall–Kier alpha value is -3.07. The van der Waals surface area contributed by atoms with Crippen LogP contribution in [0.4, 0.5) is 5.69 Å². The van der Waals surface area contributed by atoms with Crippen LogP contribution in [0.5, 0.6) is 0 Å². The van der Waals surface area contributed by atoms with Crippen molar-refractivity contribution in [2.24, 2.45) is 0 Å². The van der Waals surface area contributed by atoms with Crippen LogP contribution < -0.4 is 10.2 Å². The lowest BCUT2D eigenvalue weighted by Crippen LogP contribution is -2.55. The Labute approximate surface area is 206 Å². The molecule has 0 spiro atoms. The third-order valence-electron chi connectivity index (χ3n) is 5.84. The van der Waals surface area contributed by atoms with Crippen molar-refractivity contribution < 1.29 is 19.4 Å². The van der Waals surface area contributed by atoms with Gasteiger partial charge in [-0.3, -0.25) is 4.79 Å². The fourth-order valence-electron chi connectivity index (χ4n) is 4.16. The first-order valence-electron chi connectivity index (χ1n) is 10.7. The maximum absolute atomic E-state index is 12.9. The van der Waals surface area contributed by atoms with Crippen molar-refractivity contribution in [3.63, 3.8) is 0 Å². The lowest BCUT2D eigenvalue weighted by Gasteiger charge is -2.40. The average Bonchev–Trinajstić information content (AvgIpc) is 3.10. The van der Waals surface area contributed by atoms with Crippen LogP contribution in [-0.2, 0) is 4.74 Å². The number of carboxylic acid groups (broad SMARTS) is 1. The number of nitrogens with zero attached hydrogens (tertiary/aromatic N) is 2. The molecule has 1 aromatic carbocycles. The normalized spacial score (nSPS) is 18.1. The fourth-order valence-corrected chi connectivity index (χ4v) is 4.57. The molecule has 0 unspecified atom stereocenters. The highest BCUT2D eigenvalue weighted by Gasteiger charge is 2.33. The van der Waals surface area contributed by atoms with Gasteiger partial charge in [0.05, 0.1) is 34.3 Å². The van der Waals surface area contributed by atoms with Gasteiger partial charge in [0.2, 0.25) is 0 Å². The highest BCUT2D eigenvalue weighted by molar-refractivity contribution is 6.44.